The van der Waals surface area contributed by atoms with Crippen LogP contribution in [0, 0.1) is 0 Å². The summed E-state index contributed by atoms with van der Waals surface area (Å²) >= 11 is 1.32. The van der Waals surface area contributed by atoms with Crippen LogP contribution in [0.25, 0.3) is 0 Å². The number of likely N-dealkylation sites (N-methyl/N-ethyl adjacent to an activating group) is 1. The monoisotopic (exact) mass is 252 g/mol. The van der Waals surface area contributed by atoms with E-state index in [-0.39, 0.29) is 5.54 Å². The molecule has 17 heavy (non-hydrogen) atoms. The van der Waals surface area contributed by atoms with E-state index >= 15 is 0 Å². The van der Waals surface area contributed by atoms with Gasteiger partial charge in [0.2, 0.25) is 0 Å². The average Bonchev–Trinajstić information content (AvgIpc) is 2.85. The van der Waals surface area contributed by atoms with Gasteiger partial charge in [0.05, 0.1) is 16.9 Å². The minimum atomic E-state index is -0.827. The van der Waals surface area contributed by atoms with E-state index in [9.17, 15) is 4.79 Å². The van der Waals surface area contributed by atoms with E-state index in [0.717, 1.165) is 17.9 Å². The third-order valence-corrected chi connectivity index (χ3v) is 4.80. The molecule has 92 valence electrons. The molecule has 1 spiro atoms. The maximum atomic E-state index is 11.1. The third kappa shape index (κ3) is 1.60. The smallest absolute Gasteiger partial charge is 0.348 e. The van der Waals surface area contributed by atoms with Crippen LogP contribution in [-0.4, -0.2) is 30.2 Å². The number of nitrogens with one attached hydrogen (secondary N) is 1. The van der Waals surface area contributed by atoms with Crippen LogP contribution < -0.4 is 10.2 Å². The number of carboxylic acids is 1. The fourth-order valence-corrected chi connectivity index (χ4v) is 4.05. The Morgan fingerprint density at radius 3 is 2.88 bits per heavy atom. The zero-order valence-corrected chi connectivity index (χ0v) is 10.6. The summed E-state index contributed by atoms with van der Waals surface area (Å²) in [6.45, 7) is 0.914. The highest BCUT2D eigenvalue weighted by atomic mass is 32.1. The Morgan fingerprint density at radius 1 is 1.53 bits per heavy atom. The molecule has 5 heteroatoms. The lowest BCUT2D eigenvalue weighted by Crippen LogP contribution is -2.49. The molecule has 4 nitrogen and oxygen atoms in total. The lowest BCUT2D eigenvalue weighted by atomic mass is 9.94. The Balaban J connectivity index is 2.00. The van der Waals surface area contributed by atoms with Crippen LogP contribution in [0.3, 0.4) is 0 Å². The minimum absolute atomic E-state index is 0.179. The van der Waals surface area contributed by atoms with E-state index in [4.69, 9.17) is 5.11 Å². The summed E-state index contributed by atoms with van der Waals surface area (Å²) in [5.74, 6) is -0.827. The maximum absolute atomic E-state index is 11.1. The lowest BCUT2D eigenvalue weighted by molar-refractivity contribution is 0.0702. The van der Waals surface area contributed by atoms with E-state index in [1.54, 1.807) is 0 Å². The molecule has 1 aromatic rings. The highest BCUT2D eigenvalue weighted by molar-refractivity contribution is 7.13. The molecular formula is C12H16N2O2S. The number of aromatic carboxylic acids is 1. The number of thiophene rings is 1. The standard InChI is InChI=1S/C12H16N2O2S/c1-14-7-12(4-2-3-5-12)13-8-6-17-10(9(8)14)11(15)16/h6,13H,2-5,7H2,1H3,(H,15,16). The fourth-order valence-electron chi connectivity index (χ4n) is 3.16. The molecule has 1 saturated carbocycles. The molecule has 0 atom stereocenters. The molecule has 2 aliphatic rings. The first-order valence-electron chi connectivity index (χ1n) is 5.95. The highest BCUT2D eigenvalue weighted by Crippen LogP contribution is 2.45. The first kappa shape index (κ1) is 10.9. The molecule has 0 radical (unpaired) electrons. The van der Waals surface area contributed by atoms with Gasteiger partial charge in [-0.2, -0.15) is 0 Å². The second-order valence-electron chi connectivity index (χ2n) is 5.10. The number of nitrogens with zero attached hydrogens (tertiary/aromatic N) is 1. The van der Waals surface area contributed by atoms with E-state index in [2.05, 4.69) is 10.2 Å². The summed E-state index contributed by atoms with van der Waals surface area (Å²) < 4.78 is 0. The van der Waals surface area contributed by atoms with Gasteiger partial charge in [-0.1, -0.05) is 12.8 Å². The molecule has 1 aliphatic heterocycles. The third-order valence-electron chi connectivity index (χ3n) is 3.84. The Bertz CT molecular complexity index is 463. The van der Waals surface area contributed by atoms with Gasteiger partial charge in [-0.3, -0.25) is 0 Å². The van der Waals surface area contributed by atoms with Crippen molar-refractivity contribution >= 4 is 28.7 Å². The number of rotatable bonds is 1. The number of carboxylic acid groups (broad SMARTS) is 1. The van der Waals surface area contributed by atoms with Gasteiger partial charge < -0.3 is 15.3 Å². The number of anilines is 2. The second-order valence-corrected chi connectivity index (χ2v) is 5.98. The number of fused-ring (bicyclic) bond motifs is 1. The maximum Gasteiger partial charge on any atom is 0.348 e. The molecule has 1 aromatic heterocycles. The van der Waals surface area contributed by atoms with E-state index in [1.165, 1.54) is 37.0 Å². The number of hydrogen-bond acceptors (Lipinski definition) is 4. The van der Waals surface area contributed by atoms with Crippen LogP contribution in [0.2, 0.25) is 0 Å². The topological polar surface area (TPSA) is 52.6 Å². The van der Waals surface area contributed by atoms with Crippen molar-refractivity contribution in [2.75, 3.05) is 23.8 Å². The zero-order chi connectivity index (χ0) is 12.0. The fraction of sp³-hybridized carbons (Fsp3) is 0.583. The average molecular weight is 252 g/mol. The molecule has 2 heterocycles. The Morgan fingerprint density at radius 2 is 2.24 bits per heavy atom. The van der Waals surface area contributed by atoms with Crippen molar-refractivity contribution in [3.8, 4) is 0 Å². The van der Waals surface area contributed by atoms with Gasteiger partial charge in [-0.15, -0.1) is 11.3 Å². The summed E-state index contributed by atoms with van der Waals surface area (Å²) in [5, 5.41) is 14.7. The van der Waals surface area contributed by atoms with Crippen LogP contribution >= 0.6 is 11.3 Å². The van der Waals surface area contributed by atoms with Crippen molar-refractivity contribution in [2.24, 2.45) is 0 Å². The summed E-state index contributed by atoms with van der Waals surface area (Å²) in [5.41, 5.74) is 2.04. The van der Waals surface area contributed by atoms with Gasteiger partial charge in [0.15, 0.2) is 0 Å². The van der Waals surface area contributed by atoms with Crippen molar-refractivity contribution in [1.82, 2.24) is 0 Å². The van der Waals surface area contributed by atoms with Crippen molar-refractivity contribution in [1.29, 1.82) is 0 Å². The molecule has 0 unspecified atom stereocenters. The van der Waals surface area contributed by atoms with Gasteiger partial charge in [0.25, 0.3) is 0 Å². The Hall–Kier alpha value is -1.23. The molecular weight excluding hydrogens is 236 g/mol. The van der Waals surface area contributed by atoms with Gasteiger partial charge in [-0.05, 0) is 12.8 Å². The lowest BCUT2D eigenvalue weighted by Gasteiger charge is -2.41. The Labute approximate surface area is 104 Å². The van der Waals surface area contributed by atoms with Gasteiger partial charge in [0, 0.05) is 19.0 Å². The highest BCUT2D eigenvalue weighted by Gasteiger charge is 2.40. The molecule has 2 N–H and O–H groups in total. The van der Waals surface area contributed by atoms with E-state index in [1.807, 2.05) is 12.4 Å². The first-order valence-corrected chi connectivity index (χ1v) is 6.83. The van der Waals surface area contributed by atoms with Gasteiger partial charge in [-0.25, -0.2) is 4.79 Å². The van der Waals surface area contributed by atoms with E-state index in [0.29, 0.717) is 4.88 Å². The normalized spacial score (nSPS) is 21.4. The van der Waals surface area contributed by atoms with Crippen LogP contribution in [0.15, 0.2) is 5.38 Å². The molecule has 0 amide bonds. The van der Waals surface area contributed by atoms with Crippen LogP contribution in [0.5, 0.6) is 0 Å². The predicted octanol–water partition coefficient (Wildman–Crippen LogP) is 2.62. The SMILES string of the molecule is CN1CC2(CCCC2)Nc2csc(C(=O)O)c21. The molecule has 0 saturated heterocycles. The van der Waals surface area contributed by atoms with Crippen molar-refractivity contribution in [3.63, 3.8) is 0 Å². The Kier molecular flexibility index (Phi) is 2.33. The van der Waals surface area contributed by atoms with Crippen molar-refractivity contribution < 1.29 is 9.90 Å². The summed E-state index contributed by atoms with van der Waals surface area (Å²) in [7, 11) is 2.00. The zero-order valence-electron chi connectivity index (χ0n) is 9.82. The number of carbonyl (C=O) groups is 1. The molecule has 0 aromatic carbocycles. The summed E-state index contributed by atoms with van der Waals surface area (Å²) in [6, 6.07) is 0. The predicted molar refractivity (Wildman–Crippen MR) is 69.4 cm³/mol. The quantitative estimate of drug-likeness (QED) is 0.806. The van der Waals surface area contributed by atoms with Crippen molar-refractivity contribution in [2.45, 2.75) is 31.2 Å². The minimum Gasteiger partial charge on any atom is -0.477 e. The van der Waals surface area contributed by atoms with Crippen molar-refractivity contribution in [3.05, 3.63) is 10.3 Å². The molecule has 1 aliphatic carbocycles. The largest absolute Gasteiger partial charge is 0.477 e. The van der Waals surface area contributed by atoms with Crippen LogP contribution in [0.1, 0.15) is 35.4 Å². The second kappa shape index (κ2) is 3.63. The van der Waals surface area contributed by atoms with Gasteiger partial charge >= 0.3 is 5.97 Å². The summed E-state index contributed by atoms with van der Waals surface area (Å²) in [4.78, 5) is 13.7. The molecule has 0 bridgehead atoms. The molecule has 3 rings (SSSR count). The van der Waals surface area contributed by atoms with Crippen LogP contribution in [0.4, 0.5) is 11.4 Å². The number of hydrogen-bond donors (Lipinski definition) is 2. The van der Waals surface area contributed by atoms with E-state index < -0.39 is 5.97 Å². The molecule has 1 fully saturated rings. The summed E-state index contributed by atoms with van der Waals surface area (Å²) in [6.07, 6.45) is 4.92. The van der Waals surface area contributed by atoms with Crippen LogP contribution in [-0.2, 0) is 0 Å². The first-order chi connectivity index (χ1) is 8.11. The van der Waals surface area contributed by atoms with Gasteiger partial charge in [0.1, 0.15) is 4.88 Å².